The van der Waals surface area contributed by atoms with Crippen molar-refractivity contribution < 1.29 is 18.7 Å². The molecule has 29 heavy (non-hydrogen) atoms. The Labute approximate surface area is 168 Å². The average molecular weight is 393 g/mol. The van der Waals surface area contributed by atoms with E-state index in [-0.39, 0.29) is 18.9 Å². The lowest BCUT2D eigenvalue weighted by Gasteiger charge is -2.18. The highest BCUT2D eigenvalue weighted by molar-refractivity contribution is 5.82. The van der Waals surface area contributed by atoms with E-state index in [9.17, 15) is 14.4 Å². The van der Waals surface area contributed by atoms with E-state index in [1.54, 1.807) is 6.07 Å². The third-order valence-electron chi connectivity index (χ3n) is 4.78. The van der Waals surface area contributed by atoms with Crippen LogP contribution in [0.3, 0.4) is 0 Å². The third kappa shape index (κ3) is 5.10. The van der Waals surface area contributed by atoms with E-state index >= 15 is 0 Å². The number of rotatable bonds is 6. The Morgan fingerprint density at radius 3 is 2.45 bits per heavy atom. The molecule has 0 fully saturated rings. The van der Waals surface area contributed by atoms with Gasteiger partial charge in [0, 0.05) is 23.9 Å². The summed E-state index contributed by atoms with van der Waals surface area (Å²) in [7, 11) is 0. The maximum absolute atomic E-state index is 12.4. The standard InChI is InChI=1S/C23H23NO5/c1-14-9-19-18(11-23(27)29-21(19)10-15(14)2)13-28-22(26)12-20(24-16(3)25)17-7-5-4-6-8-17/h4-11,20H,12-13H2,1-3H3,(H,24,25)/t20-/m0/s1. The SMILES string of the molecule is CC(=O)N[C@@H](CC(=O)OCc1cc(=O)oc2cc(C)c(C)cc12)c1ccccc1. The fourth-order valence-corrected chi connectivity index (χ4v) is 3.17. The number of fused-ring (bicyclic) bond motifs is 1. The van der Waals surface area contributed by atoms with Crippen molar-refractivity contribution in [3.63, 3.8) is 0 Å². The van der Waals surface area contributed by atoms with Gasteiger partial charge in [-0.2, -0.15) is 0 Å². The van der Waals surface area contributed by atoms with Crippen molar-refractivity contribution in [3.05, 3.63) is 81.2 Å². The Morgan fingerprint density at radius 2 is 1.76 bits per heavy atom. The summed E-state index contributed by atoms with van der Waals surface area (Å²) in [6, 6.07) is 13.8. The average Bonchev–Trinajstić information content (AvgIpc) is 2.67. The summed E-state index contributed by atoms with van der Waals surface area (Å²) in [5.41, 5.74) is 3.43. The molecule has 0 radical (unpaired) electrons. The zero-order valence-electron chi connectivity index (χ0n) is 16.7. The lowest BCUT2D eigenvalue weighted by atomic mass is 10.0. The zero-order valence-corrected chi connectivity index (χ0v) is 16.7. The number of carbonyl (C=O) groups excluding carboxylic acids is 2. The second kappa shape index (κ2) is 8.73. The minimum absolute atomic E-state index is 0.0128. The lowest BCUT2D eigenvalue weighted by molar-refractivity contribution is -0.145. The second-order valence-corrected chi connectivity index (χ2v) is 7.05. The molecule has 0 aliphatic carbocycles. The van der Waals surface area contributed by atoms with E-state index in [0.29, 0.717) is 11.1 Å². The molecule has 0 unspecified atom stereocenters. The molecule has 150 valence electrons. The van der Waals surface area contributed by atoms with Crippen LogP contribution in [0.4, 0.5) is 0 Å². The summed E-state index contributed by atoms with van der Waals surface area (Å²) in [5, 5.41) is 3.51. The molecule has 0 bridgehead atoms. The molecule has 1 amide bonds. The number of benzene rings is 2. The van der Waals surface area contributed by atoms with Crippen molar-refractivity contribution >= 4 is 22.8 Å². The van der Waals surface area contributed by atoms with Crippen molar-refractivity contribution in [1.29, 1.82) is 0 Å². The minimum atomic E-state index is -0.493. The summed E-state index contributed by atoms with van der Waals surface area (Å²) in [5.74, 6) is -0.706. The molecular formula is C23H23NO5. The molecule has 3 rings (SSSR count). The number of carbonyl (C=O) groups is 2. The number of hydrogen-bond donors (Lipinski definition) is 1. The van der Waals surface area contributed by atoms with Gasteiger partial charge in [0.2, 0.25) is 5.91 Å². The second-order valence-electron chi connectivity index (χ2n) is 7.05. The fraction of sp³-hybridized carbons (Fsp3) is 0.261. The summed E-state index contributed by atoms with van der Waals surface area (Å²) >= 11 is 0. The molecule has 0 saturated carbocycles. The molecule has 0 aliphatic rings. The molecule has 0 saturated heterocycles. The van der Waals surface area contributed by atoms with Crippen LogP contribution in [-0.4, -0.2) is 11.9 Å². The van der Waals surface area contributed by atoms with Gasteiger partial charge in [-0.3, -0.25) is 9.59 Å². The maximum Gasteiger partial charge on any atom is 0.336 e. The first-order valence-corrected chi connectivity index (χ1v) is 9.35. The van der Waals surface area contributed by atoms with Crippen molar-refractivity contribution in [3.8, 4) is 0 Å². The van der Waals surface area contributed by atoms with Crippen molar-refractivity contribution in [2.45, 2.75) is 39.8 Å². The number of esters is 1. The normalized spacial score (nSPS) is 11.8. The van der Waals surface area contributed by atoms with Gasteiger partial charge < -0.3 is 14.5 Å². The van der Waals surface area contributed by atoms with E-state index < -0.39 is 17.6 Å². The highest BCUT2D eigenvalue weighted by Crippen LogP contribution is 2.23. The van der Waals surface area contributed by atoms with Gasteiger partial charge in [-0.1, -0.05) is 30.3 Å². The predicted octanol–water partition coefficient (Wildman–Crippen LogP) is 3.72. The molecule has 6 nitrogen and oxygen atoms in total. The van der Waals surface area contributed by atoms with Crippen LogP contribution < -0.4 is 10.9 Å². The first kappa shape index (κ1) is 20.3. The summed E-state index contributed by atoms with van der Waals surface area (Å²) in [6.45, 7) is 5.26. The Hall–Kier alpha value is -3.41. The van der Waals surface area contributed by atoms with Gasteiger partial charge in [0.05, 0.1) is 12.5 Å². The lowest BCUT2D eigenvalue weighted by Crippen LogP contribution is -2.28. The molecule has 0 aliphatic heterocycles. The first-order chi connectivity index (χ1) is 13.8. The number of nitrogens with one attached hydrogen (secondary N) is 1. The van der Waals surface area contributed by atoms with Crippen LogP contribution in [0.25, 0.3) is 11.0 Å². The smallest absolute Gasteiger partial charge is 0.336 e. The number of amides is 1. The summed E-state index contributed by atoms with van der Waals surface area (Å²) in [6.07, 6.45) is -0.0128. The van der Waals surface area contributed by atoms with Crippen LogP contribution in [-0.2, 0) is 20.9 Å². The van der Waals surface area contributed by atoms with E-state index in [1.165, 1.54) is 13.0 Å². The van der Waals surface area contributed by atoms with Gasteiger partial charge in [0.15, 0.2) is 0 Å². The van der Waals surface area contributed by atoms with Crippen LogP contribution in [0.15, 0.2) is 57.7 Å². The third-order valence-corrected chi connectivity index (χ3v) is 4.78. The van der Waals surface area contributed by atoms with Crippen molar-refractivity contribution in [2.24, 2.45) is 0 Å². The summed E-state index contributed by atoms with van der Waals surface area (Å²) in [4.78, 5) is 35.8. The van der Waals surface area contributed by atoms with E-state index in [2.05, 4.69) is 5.32 Å². The Bertz CT molecular complexity index is 1100. The van der Waals surface area contributed by atoms with Gasteiger partial charge in [-0.25, -0.2) is 4.79 Å². The molecule has 1 heterocycles. The van der Waals surface area contributed by atoms with E-state index in [0.717, 1.165) is 22.1 Å². The highest BCUT2D eigenvalue weighted by Gasteiger charge is 2.18. The zero-order chi connectivity index (χ0) is 21.0. The van der Waals surface area contributed by atoms with Crippen LogP contribution in [0.2, 0.25) is 0 Å². The maximum atomic E-state index is 12.4. The molecule has 3 aromatic rings. The van der Waals surface area contributed by atoms with E-state index in [4.69, 9.17) is 9.15 Å². The largest absolute Gasteiger partial charge is 0.461 e. The molecule has 1 aromatic heterocycles. The monoisotopic (exact) mass is 393 g/mol. The summed E-state index contributed by atoms with van der Waals surface area (Å²) < 4.78 is 10.7. The molecule has 0 spiro atoms. The molecule has 2 aromatic carbocycles. The van der Waals surface area contributed by atoms with Gasteiger partial charge in [0.25, 0.3) is 0 Å². The van der Waals surface area contributed by atoms with Crippen LogP contribution >= 0.6 is 0 Å². The molecule has 1 atom stereocenters. The topological polar surface area (TPSA) is 85.6 Å². The highest BCUT2D eigenvalue weighted by atomic mass is 16.5. The van der Waals surface area contributed by atoms with Gasteiger partial charge >= 0.3 is 11.6 Å². The molecule has 1 N–H and O–H groups in total. The fourth-order valence-electron chi connectivity index (χ4n) is 3.17. The van der Waals surface area contributed by atoms with Crippen molar-refractivity contribution in [1.82, 2.24) is 5.32 Å². The predicted molar refractivity (Wildman–Crippen MR) is 109 cm³/mol. The van der Waals surface area contributed by atoms with Gasteiger partial charge in [0.1, 0.15) is 12.2 Å². The molecule has 6 heteroatoms. The quantitative estimate of drug-likeness (QED) is 0.510. The van der Waals surface area contributed by atoms with Crippen LogP contribution in [0, 0.1) is 13.8 Å². The number of aryl methyl sites for hydroxylation is 2. The van der Waals surface area contributed by atoms with Gasteiger partial charge in [-0.05, 0) is 42.7 Å². The first-order valence-electron chi connectivity index (χ1n) is 9.35. The van der Waals surface area contributed by atoms with Crippen molar-refractivity contribution in [2.75, 3.05) is 0 Å². The Balaban J connectivity index is 1.77. The number of ether oxygens (including phenoxy) is 1. The van der Waals surface area contributed by atoms with E-state index in [1.807, 2.05) is 50.2 Å². The molecular weight excluding hydrogens is 370 g/mol. The van der Waals surface area contributed by atoms with Crippen LogP contribution in [0.1, 0.15) is 41.6 Å². The van der Waals surface area contributed by atoms with Gasteiger partial charge in [-0.15, -0.1) is 0 Å². The van der Waals surface area contributed by atoms with Crippen LogP contribution in [0.5, 0.6) is 0 Å². The number of hydrogen-bond acceptors (Lipinski definition) is 5. The Kier molecular flexibility index (Phi) is 6.12. The Morgan fingerprint density at radius 1 is 1.07 bits per heavy atom. The minimum Gasteiger partial charge on any atom is -0.461 e.